The zero-order valence-electron chi connectivity index (χ0n) is 14.1. The van der Waals surface area contributed by atoms with Crippen LogP contribution in [0.15, 0.2) is 68.5 Å². The smallest absolute Gasteiger partial charge is 0.257 e. The Morgan fingerprint density at radius 2 is 1.86 bits per heavy atom. The standard InChI is InChI=1S/C20H12Br2Cl2N2O2/c21-12-6-11(19(27)17(22)7-12)10-25-14-2-1-3-15(9-14)26-20(28)16-5-4-13(23)8-18(16)24/h1-10,27H,(H,26,28)/b25-10+. The average molecular weight is 543 g/mol. The van der Waals surface area contributed by atoms with Crippen LogP contribution in [0.25, 0.3) is 0 Å². The molecule has 28 heavy (non-hydrogen) atoms. The first kappa shape index (κ1) is 20.9. The quantitative estimate of drug-likeness (QED) is 0.342. The topological polar surface area (TPSA) is 61.7 Å². The Bertz CT molecular complexity index is 1090. The van der Waals surface area contributed by atoms with Crippen molar-refractivity contribution in [2.75, 3.05) is 5.32 Å². The van der Waals surface area contributed by atoms with E-state index < -0.39 is 0 Å². The Labute approximate surface area is 188 Å². The lowest BCUT2D eigenvalue weighted by Crippen LogP contribution is -2.12. The molecule has 0 aliphatic carbocycles. The van der Waals surface area contributed by atoms with Crippen molar-refractivity contribution in [1.82, 2.24) is 0 Å². The van der Waals surface area contributed by atoms with E-state index in [0.29, 0.717) is 32.0 Å². The number of hydrogen-bond acceptors (Lipinski definition) is 3. The van der Waals surface area contributed by atoms with Gasteiger partial charge in [0.05, 0.1) is 20.7 Å². The third-order valence-electron chi connectivity index (χ3n) is 3.69. The van der Waals surface area contributed by atoms with Gasteiger partial charge in [0.1, 0.15) is 5.75 Å². The summed E-state index contributed by atoms with van der Waals surface area (Å²) in [6.45, 7) is 0. The Hall–Kier alpha value is -1.86. The SMILES string of the molecule is O=C(Nc1cccc(/N=C/c2cc(Br)cc(Br)c2O)c1)c1ccc(Cl)cc1Cl. The van der Waals surface area contributed by atoms with Gasteiger partial charge in [-0.05, 0) is 64.5 Å². The van der Waals surface area contributed by atoms with Crippen LogP contribution in [0.5, 0.6) is 5.75 Å². The fourth-order valence-corrected chi connectivity index (χ4v) is 4.12. The third kappa shape index (κ3) is 5.14. The van der Waals surface area contributed by atoms with Crippen molar-refractivity contribution in [3.05, 3.63) is 84.7 Å². The van der Waals surface area contributed by atoms with Crippen LogP contribution in [0.3, 0.4) is 0 Å². The molecule has 0 heterocycles. The van der Waals surface area contributed by atoms with Gasteiger partial charge in [0.2, 0.25) is 0 Å². The highest BCUT2D eigenvalue weighted by Gasteiger charge is 2.11. The molecule has 0 unspecified atom stereocenters. The Morgan fingerprint density at radius 1 is 1.07 bits per heavy atom. The number of anilines is 1. The molecule has 142 valence electrons. The molecule has 3 aromatic rings. The van der Waals surface area contributed by atoms with E-state index in [1.807, 2.05) is 0 Å². The number of amides is 1. The molecule has 0 saturated carbocycles. The minimum atomic E-state index is -0.351. The number of aromatic hydroxyl groups is 1. The summed E-state index contributed by atoms with van der Waals surface area (Å²) in [5.74, 6) is -0.259. The number of aliphatic imine (C=N–C) groups is 1. The molecule has 0 aliphatic rings. The number of carbonyl (C=O) groups excluding carboxylic acids is 1. The molecule has 8 heteroatoms. The summed E-state index contributed by atoms with van der Waals surface area (Å²) in [7, 11) is 0. The molecule has 0 fully saturated rings. The summed E-state index contributed by atoms with van der Waals surface area (Å²) in [5.41, 5.74) is 2.04. The van der Waals surface area contributed by atoms with E-state index in [1.54, 1.807) is 54.7 Å². The van der Waals surface area contributed by atoms with Gasteiger partial charge in [-0.3, -0.25) is 9.79 Å². The third-order valence-corrected chi connectivity index (χ3v) is 5.30. The number of phenols is 1. The van der Waals surface area contributed by atoms with Gasteiger partial charge >= 0.3 is 0 Å². The van der Waals surface area contributed by atoms with Crippen LogP contribution in [0.2, 0.25) is 10.0 Å². The van der Waals surface area contributed by atoms with Crippen LogP contribution < -0.4 is 5.32 Å². The van der Waals surface area contributed by atoms with E-state index >= 15 is 0 Å². The van der Waals surface area contributed by atoms with Crippen LogP contribution in [-0.2, 0) is 0 Å². The molecular formula is C20H12Br2Cl2N2O2. The van der Waals surface area contributed by atoms with Crippen molar-refractivity contribution in [1.29, 1.82) is 0 Å². The van der Waals surface area contributed by atoms with Crippen LogP contribution in [0.1, 0.15) is 15.9 Å². The van der Waals surface area contributed by atoms with E-state index in [-0.39, 0.29) is 16.7 Å². The first-order chi connectivity index (χ1) is 13.3. The van der Waals surface area contributed by atoms with Gasteiger partial charge in [-0.15, -0.1) is 0 Å². The van der Waals surface area contributed by atoms with Crippen molar-refractivity contribution in [3.8, 4) is 5.75 Å². The summed E-state index contributed by atoms with van der Waals surface area (Å²) in [6, 6.07) is 15.2. The molecule has 2 N–H and O–H groups in total. The van der Waals surface area contributed by atoms with Gasteiger partial charge in [0.25, 0.3) is 5.91 Å². The van der Waals surface area contributed by atoms with Crippen molar-refractivity contribution >= 4 is 78.6 Å². The lowest BCUT2D eigenvalue weighted by molar-refractivity contribution is 0.102. The van der Waals surface area contributed by atoms with E-state index in [9.17, 15) is 9.90 Å². The van der Waals surface area contributed by atoms with Crippen LogP contribution in [-0.4, -0.2) is 17.2 Å². The molecule has 3 rings (SSSR count). The molecule has 1 amide bonds. The fraction of sp³-hybridized carbons (Fsp3) is 0. The molecule has 0 radical (unpaired) electrons. The molecule has 0 aliphatic heterocycles. The van der Waals surface area contributed by atoms with E-state index in [1.165, 1.54) is 6.07 Å². The number of nitrogens with zero attached hydrogens (tertiary/aromatic N) is 1. The predicted octanol–water partition coefficient (Wildman–Crippen LogP) is 7.23. The maximum absolute atomic E-state index is 12.4. The molecule has 3 aromatic carbocycles. The Balaban J connectivity index is 1.80. The number of halogens is 4. The van der Waals surface area contributed by atoms with Crippen LogP contribution in [0, 0.1) is 0 Å². The lowest BCUT2D eigenvalue weighted by atomic mass is 10.2. The highest BCUT2D eigenvalue weighted by Crippen LogP contribution is 2.31. The highest BCUT2D eigenvalue weighted by atomic mass is 79.9. The van der Waals surface area contributed by atoms with Gasteiger partial charge in [-0.25, -0.2) is 0 Å². The number of phenolic OH excluding ortho intramolecular Hbond substituents is 1. The zero-order chi connectivity index (χ0) is 20.3. The monoisotopic (exact) mass is 540 g/mol. The zero-order valence-corrected chi connectivity index (χ0v) is 18.8. The summed E-state index contributed by atoms with van der Waals surface area (Å²) in [4.78, 5) is 16.8. The molecule has 4 nitrogen and oxygen atoms in total. The minimum absolute atomic E-state index is 0.0915. The van der Waals surface area contributed by atoms with Gasteiger partial charge in [0.15, 0.2) is 0 Å². The number of hydrogen-bond donors (Lipinski definition) is 2. The average Bonchev–Trinajstić information content (AvgIpc) is 2.63. The second-order valence-corrected chi connectivity index (χ2v) is 8.33. The summed E-state index contributed by atoms with van der Waals surface area (Å²) in [6.07, 6.45) is 1.54. The summed E-state index contributed by atoms with van der Waals surface area (Å²) in [5, 5.41) is 13.6. The minimum Gasteiger partial charge on any atom is -0.506 e. The van der Waals surface area contributed by atoms with Crippen molar-refractivity contribution < 1.29 is 9.90 Å². The number of rotatable bonds is 4. The fourth-order valence-electron chi connectivity index (χ4n) is 2.36. The van der Waals surface area contributed by atoms with Crippen molar-refractivity contribution in [3.63, 3.8) is 0 Å². The largest absolute Gasteiger partial charge is 0.506 e. The second kappa shape index (κ2) is 9.09. The van der Waals surface area contributed by atoms with Gasteiger partial charge in [-0.2, -0.15) is 0 Å². The first-order valence-electron chi connectivity index (χ1n) is 7.92. The summed E-state index contributed by atoms with van der Waals surface area (Å²) < 4.78 is 1.36. The van der Waals surface area contributed by atoms with E-state index in [4.69, 9.17) is 23.2 Å². The maximum Gasteiger partial charge on any atom is 0.257 e. The molecule has 0 aromatic heterocycles. The number of nitrogens with one attached hydrogen (secondary N) is 1. The normalized spacial score (nSPS) is 11.0. The molecular weight excluding hydrogens is 531 g/mol. The number of benzene rings is 3. The Morgan fingerprint density at radius 3 is 2.61 bits per heavy atom. The van der Waals surface area contributed by atoms with Gasteiger partial charge in [-0.1, -0.05) is 45.2 Å². The van der Waals surface area contributed by atoms with Crippen molar-refractivity contribution in [2.24, 2.45) is 4.99 Å². The predicted molar refractivity (Wildman–Crippen MR) is 122 cm³/mol. The van der Waals surface area contributed by atoms with E-state index in [0.717, 1.165) is 4.47 Å². The second-order valence-electron chi connectivity index (χ2n) is 5.71. The Kier molecular flexibility index (Phi) is 6.78. The van der Waals surface area contributed by atoms with Crippen LogP contribution in [0.4, 0.5) is 11.4 Å². The van der Waals surface area contributed by atoms with Crippen molar-refractivity contribution in [2.45, 2.75) is 0 Å². The van der Waals surface area contributed by atoms with E-state index in [2.05, 4.69) is 42.2 Å². The number of carbonyl (C=O) groups is 1. The molecule has 0 spiro atoms. The van der Waals surface area contributed by atoms with Crippen LogP contribution >= 0.6 is 55.1 Å². The lowest BCUT2D eigenvalue weighted by Gasteiger charge is -2.08. The van der Waals surface area contributed by atoms with Gasteiger partial charge < -0.3 is 10.4 Å². The van der Waals surface area contributed by atoms with Gasteiger partial charge in [0, 0.05) is 27.0 Å². The molecule has 0 saturated heterocycles. The molecule has 0 bridgehead atoms. The summed E-state index contributed by atoms with van der Waals surface area (Å²) >= 11 is 18.6. The highest BCUT2D eigenvalue weighted by molar-refractivity contribution is 9.11. The first-order valence-corrected chi connectivity index (χ1v) is 10.3. The maximum atomic E-state index is 12.4. The molecule has 0 atom stereocenters.